The van der Waals surface area contributed by atoms with Crippen molar-refractivity contribution in [1.82, 2.24) is 15.4 Å². The first-order valence-corrected chi connectivity index (χ1v) is 9.79. The average molecular weight is 482 g/mol. The molecule has 3 N–H and O–H groups in total. The predicted octanol–water partition coefficient (Wildman–Crippen LogP) is 1.62. The first kappa shape index (κ1) is 22.0. The fourth-order valence-corrected chi connectivity index (χ4v) is 3.18. The standard InChI is InChI=1S/C16H26N4O3S.HI/c1-16(2)11-13(12-7-5-6-8-14(12)23-16)20-15(17-3)18-9-10-19-24(4,21)22;/h5-8,13,19H,9-11H2,1-4H3,(H2,17,18,20);1H. The van der Waals surface area contributed by atoms with E-state index in [1.54, 1.807) is 7.05 Å². The lowest BCUT2D eigenvalue weighted by molar-refractivity contribution is 0.0694. The number of sulfonamides is 1. The zero-order chi connectivity index (χ0) is 17.8. The van der Waals surface area contributed by atoms with Crippen LogP contribution in [0.4, 0.5) is 0 Å². The molecule has 7 nitrogen and oxygen atoms in total. The maximum absolute atomic E-state index is 11.1. The van der Waals surface area contributed by atoms with Gasteiger partial charge in [-0.15, -0.1) is 24.0 Å². The average Bonchev–Trinajstić information content (AvgIpc) is 2.48. The van der Waals surface area contributed by atoms with Crippen LogP contribution in [0.5, 0.6) is 5.75 Å². The number of benzene rings is 1. The summed E-state index contributed by atoms with van der Waals surface area (Å²) in [5.74, 6) is 1.50. The number of fused-ring (bicyclic) bond motifs is 1. The minimum atomic E-state index is -3.18. The lowest BCUT2D eigenvalue weighted by atomic mass is 9.90. The number of hydrogen-bond acceptors (Lipinski definition) is 4. The Labute approximate surface area is 167 Å². The van der Waals surface area contributed by atoms with Crippen molar-refractivity contribution in [2.24, 2.45) is 4.99 Å². The van der Waals surface area contributed by atoms with E-state index in [0.29, 0.717) is 19.0 Å². The summed E-state index contributed by atoms with van der Waals surface area (Å²) in [5.41, 5.74) is 0.817. The Balaban J connectivity index is 0.00000312. The second-order valence-electron chi connectivity index (χ2n) is 6.47. The van der Waals surface area contributed by atoms with E-state index in [1.165, 1.54) is 0 Å². The molecule has 0 radical (unpaired) electrons. The first-order valence-electron chi connectivity index (χ1n) is 7.90. The lowest BCUT2D eigenvalue weighted by Crippen LogP contribution is -2.46. The molecule has 0 aliphatic carbocycles. The zero-order valence-electron chi connectivity index (χ0n) is 15.0. The molecule has 1 aromatic rings. The van der Waals surface area contributed by atoms with E-state index in [4.69, 9.17) is 4.74 Å². The predicted molar refractivity (Wildman–Crippen MR) is 111 cm³/mol. The van der Waals surface area contributed by atoms with Crippen LogP contribution in [-0.2, 0) is 10.0 Å². The van der Waals surface area contributed by atoms with E-state index in [-0.39, 0.29) is 35.6 Å². The minimum absolute atomic E-state index is 0. The van der Waals surface area contributed by atoms with Crippen molar-refractivity contribution < 1.29 is 13.2 Å². The Morgan fingerprint density at radius 3 is 2.64 bits per heavy atom. The van der Waals surface area contributed by atoms with E-state index in [0.717, 1.165) is 24.0 Å². The summed E-state index contributed by atoms with van der Waals surface area (Å²) < 4.78 is 30.6. The summed E-state index contributed by atoms with van der Waals surface area (Å²) in [6, 6.07) is 8.03. The Bertz CT molecular complexity index is 707. The molecule has 1 heterocycles. The van der Waals surface area contributed by atoms with Gasteiger partial charge in [0.1, 0.15) is 11.4 Å². The van der Waals surface area contributed by atoms with E-state index >= 15 is 0 Å². The second kappa shape index (κ2) is 9.04. The molecule has 0 saturated carbocycles. The van der Waals surface area contributed by atoms with E-state index in [9.17, 15) is 8.42 Å². The molecule has 1 aromatic carbocycles. The maximum Gasteiger partial charge on any atom is 0.208 e. The van der Waals surface area contributed by atoms with Gasteiger partial charge in [0.2, 0.25) is 10.0 Å². The van der Waals surface area contributed by atoms with Crippen LogP contribution >= 0.6 is 24.0 Å². The normalized spacial score (nSPS) is 19.2. The Hall–Kier alpha value is -1.07. The summed E-state index contributed by atoms with van der Waals surface area (Å²) in [6.07, 6.45) is 1.94. The molecule has 1 aliphatic heterocycles. The van der Waals surface area contributed by atoms with Gasteiger partial charge in [0.05, 0.1) is 12.3 Å². The smallest absolute Gasteiger partial charge is 0.208 e. The number of ether oxygens (including phenoxy) is 1. The van der Waals surface area contributed by atoms with Crippen LogP contribution in [0, 0.1) is 0 Å². The van der Waals surface area contributed by atoms with Crippen molar-refractivity contribution in [1.29, 1.82) is 0 Å². The Kier molecular flexibility index (Phi) is 7.94. The molecular formula is C16H27IN4O3S. The van der Waals surface area contributed by atoms with Gasteiger partial charge in [-0.25, -0.2) is 13.1 Å². The molecule has 0 fully saturated rings. The highest BCUT2D eigenvalue weighted by Gasteiger charge is 2.33. The van der Waals surface area contributed by atoms with Crippen molar-refractivity contribution in [3.05, 3.63) is 29.8 Å². The van der Waals surface area contributed by atoms with Gasteiger partial charge >= 0.3 is 0 Å². The molecule has 2 rings (SSSR count). The van der Waals surface area contributed by atoms with Crippen LogP contribution in [0.1, 0.15) is 31.9 Å². The van der Waals surface area contributed by atoms with E-state index < -0.39 is 10.0 Å². The quantitative estimate of drug-likeness (QED) is 0.257. The molecule has 1 aliphatic rings. The van der Waals surface area contributed by atoms with Gasteiger partial charge in [0.25, 0.3) is 0 Å². The summed E-state index contributed by atoms with van der Waals surface area (Å²) in [5, 5.41) is 6.52. The zero-order valence-corrected chi connectivity index (χ0v) is 18.1. The highest BCUT2D eigenvalue weighted by molar-refractivity contribution is 14.0. The van der Waals surface area contributed by atoms with Crippen molar-refractivity contribution >= 4 is 40.0 Å². The maximum atomic E-state index is 11.1. The summed E-state index contributed by atoms with van der Waals surface area (Å²) in [7, 11) is -1.49. The van der Waals surface area contributed by atoms with Gasteiger partial charge in [-0.3, -0.25) is 4.99 Å². The fraction of sp³-hybridized carbons (Fsp3) is 0.562. The van der Waals surface area contributed by atoms with Crippen LogP contribution in [-0.4, -0.2) is 46.4 Å². The third-order valence-corrected chi connectivity index (χ3v) is 4.42. The first-order chi connectivity index (χ1) is 11.2. The summed E-state index contributed by atoms with van der Waals surface area (Å²) in [4.78, 5) is 4.21. The molecule has 1 unspecified atom stereocenters. The molecule has 0 amide bonds. The molecule has 0 saturated heterocycles. The molecule has 0 spiro atoms. The summed E-state index contributed by atoms with van der Waals surface area (Å²) >= 11 is 0. The minimum Gasteiger partial charge on any atom is -0.487 e. The van der Waals surface area contributed by atoms with Gasteiger partial charge in [0.15, 0.2) is 5.96 Å². The van der Waals surface area contributed by atoms with Crippen molar-refractivity contribution in [2.45, 2.75) is 31.9 Å². The molecule has 0 bridgehead atoms. The summed E-state index contributed by atoms with van der Waals surface area (Å²) in [6.45, 7) is 4.87. The SMILES string of the molecule is CN=C(NCCNS(C)(=O)=O)NC1CC(C)(C)Oc2ccccc21.I. The third kappa shape index (κ3) is 6.98. The van der Waals surface area contributed by atoms with Gasteiger partial charge in [-0.1, -0.05) is 18.2 Å². The lowest BCUT2D eigenvalue weighted by Gasteiger charge is -2.38. The van der Waals surface area contributed by atoms with Gasteiger partial charge < -0.3 is 15.4 Å². The molecule has 1 atom stereocenters. The Morgan fingerprint density at radius 1 is 1.32 bits per heavy atom. The number of para-hydroxylation sites is 1. The topological polar surface area (TPSA) is 91.8 Å². The fourth-order valence-electron chi connectivity index (χ4n) is 2.71. The van der Waals surface area contributed by atoms with Crippen LogP contribution in [0.15, 0.2) is 29.3 Å². The largest absolute Gasteiger partial charge is 0.487 e. The molecule has 0 aromatic heterocycles. The number of nitrogens with one attached hydrogen (secondary N) is 3. The second-order valence-corrected chi connectivity index (χ2v) is 8.30. The monoisotopic (exact) mass is 482 g/mol. The molecule has 142 valence electrons. The third-order valence-electron chi connectivity index (χ3n) is 3.69. The Morgan fingerprint density at radius 2 is 2.00 bits per heavy atom. The van der Waals surface area contributed by atoms with Gasteiger partial charge in [0, 0.05) is 32.1 Å². The van der Waals surface area contributed by atoms with E-state index in [2.05, 4.69) is 34.2 Å². The van der Waals surface area contributed by atoms with Crippen molar-refractivity contribution in [2.75, 3.05) is 26.4 Å². The van der Waals surface area contributed by atoms with Crippen molar-refractivity contribution in [3.8, 4) is 5.75 Å². The molecular weight excluding hydrogens is 455 g/mol. The number of rotatable bonds is 5. The molecule has 25 heavy (non-hydrogen) atoms. The van der Waals surface area contributed by atoms with Crippen LogP contribution < -0.4 is 20.1 Å². The number of nitrogens with zero attached hydrogens (tertiary/aromatic N) is 1. The van der Waals surface area contributed by atoms with Crippen LogP contribution in [0.25, 0.3) is 0 Å². The van der Waals surface area contributed by atoms with Crippen LogP contribution in [0.3, 0.4) is 0 Å². The van der Waals surface area contributed by atoms with Gasteiger partial charge in [-0.05, 0) is 19.9 Å². The number of hydrogen-bond donors (Lipinski definition) is 3. The highest BCUT2D eigenvalue weighted by atomic mass is 127. The van der Waals surface area contributed by atoms with Gasteiger partial charge in [-0.2, -0.15) is 0 Å². The van der Waals surface area contributed by atoms with Crippen LogP contribution in [0.2, 0.25) is 0 Å². The molecule has 9 heteroatoms. The highest BCUT2D eigenvalue weighted by Crippen LogP contribution is 2.39. The van der Waals surface area contributed by atoms with Crippen molar-refractivity contribution in [3.63, 3.8) is 0 Å². The number of guanidine groups is 1. The van der Waals surface area contributed by atoms with E-state index in [1.807, 2.05) is 24.3 Å². The number of aliphatic imine (C=N–C) groups is 1. The number of halogens is 1.